The molecule has 1 aliphatic heterocycles. The summed E-state index contributed by atoms with van der Waals surface area (Å²) in [5, 5.41) is 11.6. The van der Waals surface area contributed by atoms with Crippen LogP contribution in [0.2, 0.25) is 0 Å². The smallest absolute Gasteiger partial charge is 0.317 e. The molecule has 2 rings (SSSR count). The molecule has 0 aliphatic carbocycles. The van der Waals surface area contributed by atoms with E-state index in [4.69, 9.17) is 5.11 Å². The van der Waals surface area contributed by atoms with E-state index in [-0.39, 0.29) is 24.4 Å². The van der Waals surface area contributed by atoms with Crippen molar-refractivity contribution in [2.45, 2.75) is 32.7 Å². The number of hydrogen-bond acceptors (Lipinski definition) is 3. The molecular weight excluding hydrogens is 276 g/mol. The quantitative estimate of drug-likeness (QED) is 0.874. The molecule has 2 amide bonds. The molecule has 1 atom stereocenters. The topological polar surface area (TPSA) is 69.6 Å². The average Bonchev–Trinajstić information content (AvgIpc) is 2.67. The van der Waals surface area contributed by atoms with Crippen LogP contribution < -0.4 is 5.32 Å². The second kappa shape index (κ2) is 6.26. The van der Waals surface area contributed by atoms with E-state index < -0.39 is 5.97 Å². The van der Waals surface area contributed by atoms with Crippen molar-refractivity contribution < 1.29 is 14.7 Å². The predicted octanol–water partition coefficient (Wildman–Crippen LogP) is 2.10. The van der Waals surface area contributed by atoms with E-state index in [9.17, 15) is 9.59 Å². The Kier molecular flexibility index (Phi) is 4.65. The molecule has 5 nitrogen and oxygen atoms in total. The van der Waals surface area contributed by atoms with Crippen molar-refractivity contribution in [2.24, 2.45) is 5.92 Å². The molecule has 0 bridgehead atoms. The monoisotopic (exact) mass is 296 g/mol. The Balaban J connectivity index is 1.71. The van der Waals surface area contributed by atoms with Crippen LogP contribution in [0.1, 0.15) is 23.1 Å². The number of amides is 2. The van der Waals surface area contributed by atoms with Crippen LogP contribution in [0.15, 0.2) is 12.1 Å². The van der Waals surface area contributed by atoms with Gasteiger partial charge in [0.05, 0.1) is 6.42 Å². The first kappa shape index (κ1) is 14.8. The number of aryl methyl sites for hydroxylation is 1. The number of carboxylic acid groups (broad SMARTS) is 1. The van der Waals surface area contributed by atoms with Gasteiger partial charge in [-0.1, -0.05) is 0 Å². The lowest BCUT2D eigenvalue weighted by atomic mass is 9.97. The van der Waals surface area contributed by atoms with Crippen LogP contribution in [-0.4, -0.2) is 41.1 Å². The maximum Gasteiger partial charge on any atom is 0.317 e. The predicted molar refractivity (Wildman–Crippen MR) is 78.1 cm³/mol. The second-order valence-electron chi connectivity index (χ2n) is 5.44. The highest BCUT2D eigenvalue weighted by atomic mass is 32.1. The maximum atomic E-state index is 11.9. The molecule has 6 heteroatoms. The summed E-state index contributed by atoms with van der Waals surface area (Å²) >= 11 is 1.75. The normalized spacial score (nSPS) is 16.6. The number of hydrogen-bond donors (Lipinski definition) is 2. The van der Waals surface area contributed by atoms with E-state index in [1.807, 2.05) is 6.92 Å². The van der Waals surface area contributed by atoms with Gasteiger partial charge in [-0.05, 0) is 26.0 Å². The molecule has 2 heterocycles. The molecule has 1 unspecified atom stereocenters. The Bertz CT molecular complexity index is 494. The summed E-state index contributed by atoms with van der Waals surface area (Å²) in [5.41, 5.74) is 0. The molecule has 1 fully saturated rings. The SMILES string of the molecule is Cc1ccc(CC(C)NC(=O)N2CC(CC(=O)O)C2)s1. The molecule has 0 spiro atoms. The van der Waals surface area contributed by atoms with Gasteiger partial charge in [-0.2, -0.15) is 0 Å². The summed E-state index contributed by atoms with van der Waals surface area (Å²) in [6.45, 7) is 5.15. The van der Waals surface area contributed by atoms with Gasteiger partial charge >= 0.3 is 12.0 Å². The van der Waals surface area contributed by atoms with Gasteiger partial charge in [0.25, 0.3) is 0 Å². The zero-order chi connectivity index (χ0) is 14.7. The summed E-state index contributed by atoms with van der Waals surface area (Å²) in [7, 11) is 0. The van der Waals surface area contributed by atoms with Crippen molar-refractivity contribution in [3.8, 4) is 0 Å². The van der Waals surface area contributed by atoms with Crippen LogP contribution in [0.4, 0.5) is 4.79 Å². The number of carbonyl (C=O) groups is 2. The molecule has 0 radical (unpaired) electrons. The molecule has 1 saturated heterocycles. The second-order valence-corrected chi connectivity index (χ2v) is 6.81. The molecule has 2 N–H and O–H groups in total. The Morgan fingerprint density at radius 1 is 1.50 bits per heavy atom. The zero-order valence-electron chi connectivity index (χ0n) is 11.8. The number of thiophene rings is 1. The molecule has 110 valence electrons. The number of carbonyl (C=O) groups excluding carboxylic acids is 1. The van der Waals surface area contributed by atoms with Crippen LogP contribution in [0.5, 0.6) is 0 Å². The molecule has 1 aliphatic rings. The summed E-state index contributed by atoms with van der Waals surface area (Å²) < 4.78 is 0. The molecule has 0 aromatic carbocycles. The highest BCUT2D eigenvalue weighted by Gasteiger charge is 2.32. The van der Waals surface area contributed by atoms with Crippen molar-refractivity contribution in [2.75, 3.05) is 13.1 Å². The van der Waals surface area contributed by atoms with Gasteiger partial charge in [0, 0.05) is 41.2 Å². The van der Waals surface area contributed by atoms with E-state index in [2.05, 4.69) is 24.4 Å². The first-order valence-corrected chi connectivity index (χ1v) is 7.58. The minimum atomic E-state index is -0.795. The number of rotatable bonds is 5. The van der Waals surface area contributed by atoms with Crippen LogP contribution in [0.25, 0.3) is 0 Å². The lowest BCUT2D eigenvalue weighted by Crippen LogP contribution is -2.55. The first-order valence-electron chi connectivity index (χ1n) is 6.76. The highest BCUT2D eigenvalue weighted by Crippen LogP contribution is 2.20. The number of nitrogens with one attached hydrogen (secondary N) is 1. The zero-order valence-corrected chi connectivity index (χ0v) is 12.6. The lowest BCUT2D eigenvalue weighted by Gasteiger charge is -2.39. The van der Waals surface area contributed by atoms with Gasteiger partial charge in [-0.25, -0.2) is 4.79 Å². The van der Waals surface area contributed by atoms with Crippen LogP contribution in [0, 0.1) is 12.8 Å². The minimum Gasteiger partial charge on any atom is -0.481 e. The maximum absolute atomic E-state index is 11.9. The molecule has 1 aromatic rings. The summed E-state index contributed by atoms with van der Waals surface area (Å²) in [6.07, 6.45) is 0.977. The van der Waals surface area contributed by atoms with E-state index in [0.29, 0.717) is 13.1 Å². The van der Waals surface area contributed by atoms with Crippen molar-refractivity contribution in [1.82, 2.24) is 10.2 Å². The first-order chi connectivity index (χ1) is 9.44. The van der Waals surface area contributed by atoms with Gasteiger partial charge in [0.1, 0.15) is 0 Å². The lowest BCUT2D eigenvalue weighted by molar-refractivity contribution is -0.139. The van der Waals surface area contributed by atoms with Gasteiger partial charge < -0.3 is 15.3 Å². The molecule has 20 heavy (non-hydrogen) atoms. The van der Waals surface area contributed by atoms with Crippen LogP contribution in [-0.2, 0) is 11.2 Å². The number of carboxylic acids is 1. The summed E-state index contributed by atoms with van der Waals surface area (Å²) in [4.78, 5) is 26.7. The number of aliphatic carboxylic acids is 1. The third-order valence-corrected chi connectivity index (χ3v) is 4.40. The van der Waals surface area contributed by atoms with Gasteiger partial charge in [-0.15, -0.1) is 11.3 Å². The Hall–Kier alpha value is -1.56. The minimum absolute atomic E-state index is 0.0825. The Labute approximate surface area is 122 Å². The van der Waals surface area contributed by atoms with E-state index >= 15 is 0 Å². The van der Waals surface area contributed by atoms with Crippen molar-refractivity contribution in [3.05, 3.63) is 21.9 Å². The van der Waals surface area contributed by atoms with Crippen LogP contribution in [0.3, 0.4) is 0 Å². The number of urea groups is 1. The highest BCUT2D eigenvalue weighted by molar-refractivity contribution is 7.11. The summed E-state index contributed by atoms with van der Waals surface area (Å²) in [5.74, 6) is -0.690. The third-order valence-electron chi connectivity index (χ3n) is 3.38. The Morgan fingerprint density at radius 2 is 2.20 bits per heavy atom. The van der Waals surface area contributed by atoms with E-state index in [1.54, 1.807) is 16.2 Å². The number of likely N-dealkylation sites (tertiary alicyclic amines) is 1. The fourth-order valence-corrected chi connectivity index (χ4v) is 3.38. The van der Waals surface area contributed by atoms with Gasteiger partial charge in [0.15, 0.2) is 0 Å². The van der Waals surface area contributed by atoms with Crippen molar-refractivity contribution in [3.63, 3.8) is 0 Å². The molecule has 0 saturated carbocycles. The average molecular weight is 296 g/mol. The fraction of sp³-hybridized carbons (Fsp3) is 0.571. The molecular formula is C14H20N2O3S. The van der Waals surface area contributed by atoms with Gasteiger partial charge in [0.2, 0.25) is 0 Å². The van der Waals surface area contributed by atoms with Crippen LogP contribution >= 0.6 is 11.3 Å². The molecule has 1 aromatic heterocycles. The van der Waals surface area contributed by atoms with E-state index in [0.717, 1.165) is 6.42 Å². The number of nitrogens with zero attached hydrogens (tertiary/aromatic N) is 1. The third kappa shape index (κ3) is 3.96. The Morgan fingerprint density at radius 3 is 2.75 bits per heavy atom. The van der Waals surface area contributed by atoms with Crippen molar-refractivity contribution >= 4 is 23.3 Å². The van der Waals surface area contributed by atoms with E-state index in [1.165, 1.54) is 9.75 Å². The van der Waals surface area contributed by atoms with Gasteiger partial charge in [-0.3, -0.25) is 4.79 Å². The summed E-state index contributed by atoms with van der Waals surface area (Å²) in [6, 6.07) is 4.17. The largest absolute Gasteiger partial charge is 0.481 e. The standard InChI is InChI=1S/C14H20N2O3S/c1-9(5-12-4-3-10(2)20-12)15-14(19)16-7-11(8-16)6-13(17)18/h3-4,9,11H,5-8H2,1-2H3,(H,15,19)(H,17,18). The fourth-order valence-electron chi connectivity index (χ4n) is 2.36. The van der Waals surface area contributed by atoms with Crippen molar-refractivity contribution in [1.29, 1.82) is 0 Å².